The Kier molecular flexibility index (Phi) is 5.52. The third-order valence-electron chi connectivity index (χ3n) is 8.83. The van der Waals surface area contributed by atoms with Gasteiger partial charge in [-0.2, -0.15) is 21.0 Å². The largest absolute Gasteiger partial charge is 0.308 e. The molecule has 2 aliphatic carbocycles. The molecule has 7 aromatic rings. The van der Waals surface area contributed by atoms with Gasteiger partial charge in [-0.3, -0.25) is 9.97 Å². The van der Waals surface area contributed by atoms with Crippen LogP contribution in [-0.2, 0) is 0 Å². The van der Waals surface area contributed by atoms with Gasteiger partial charge in [0, 0.05) is 58.1 Å². The van der Waals surface area contributed by atoms with Crippen LogP contribution in [0.3, 0.4) is 0 Å². The van der Waals surface area contributed by atoms with Crippen LogP contribution in [0, 0.1) is 45.3 Å². The molecule has 10 heteroatoms. The van der Waals surface area contributed by atoms with E-state index >= 15 is 0 Å². The average molecular weight is 613 g/mol. The second-order valence-corrected chi connectivity index (χ2v) is 11.1. The second kappa shape index (κ2) is 9.92. The highest BCUT2D eigenvalue weighted by Crippen LogP contribution is 2.55. The van der Waals surface area contributed by atoms with Crippen molar-refractivity contribution in [2.24, 2.45) is 0 Å². The lowest BCUT2D eigenvalue weighted by atomic mass is 10.1. The normalized spacial score (nSPS) is 12.0. The van der Waals surface area contributed by atoms with Gasteiger partial charge in [0.1, 0.15) is 58.2 Å². The Morgan fingerprint density at radius 3 is 1.27 bits per heavy atom. The second-order valence-electron chi connectivity index (χ2n) is 11.1. The molecular formula is C38H16N10. The average Bonchev–Trinajstić information content (AvgIpc) is 3.85. The Morgan fingerprint density at radius 1 is 0.500 bits per heavy atom. The van der Waals surface area contributed by atoms with Gasteiger partial charge in [-0.25, -0.2) is 9.97 Å². The third kappa shape index (κ3) is 3.35. The highest BCUT2D eigenvalue weighted by molar-refractivity contribution is 6.16. The molecule has 218 valence electrons. The Bertz CT molecular complexity index is 2580. The van der Waals surface area contributed by atoms with Gasteiger partial charge in [0.15, 0.2) is 0 Å². The van der Waals surface area contributed by atoms with Gasteiger partial charge in [0.05, 0.1) is 33.6 Å². The minimum absolute atomic E-state index is 0.116. The van der Waals surface area contributed by atoms with Gasteiger partial charge < -0.3 is 9.13 Å². The van der Waals surface area contributed by atoms with Crippen LogP contribution >= 0.6 is 0 Å². The number of para-hydroxylation sites is 2. The van der Waals surface area contributed by atoms with E-state index < -0.39 is 0 Å². The lowest BCUT2D eigenvalue weighted by Gasteiger charge is -2.13. The van der Waals surface area contributed by atoms with E-state index in [0.29, 0.717) is 56.4 Å². The van der Waals surface area contributed by atoms with E-state index in [2.05, 4.69) is 34.2 Å². The van der Waals surface area contributed by atoms with Crippen LogP contribution in [0.4, 0.5) is 0 Å². The number of hydrogen-bond donors (Lipinski definition) is 0. The van der Waals surface area contributed by atoms with Gasteiger partial charge in [0.25, 0.3) is 0 Å². The van der Waals surface area contributed by atoms with Crippen LogP contribution in [0.15, 0.2) is 109 Å². The maximum atomic E-state index is 10.3. The number of pyridine rings is 2. The molecular weight excluding hydrogens is 596 g/mol. The van der Waals surface area contributed by atoms with Gasteiger partial charge >= 0.3 is 0 Å². The van der Waals surface area contributed by atoms with Crippen LogP contribution in [0.2, 0.25) is 0 Å². The fourth-order valence-corrected chi connectivity index (χ4v) is 7.02. The molecule has 0 unspecified atom stereocenters. The lowest BCUT2D eigenvalue weighted by molar-refractivity contribution is 1.10. The van der Waals surface area contributed by atoms with Crippen LogP contribution < -0.4 is 0 Å². The summed E-state index contributed by atoms with van der Waals surface area (Å²) in [5.41, 5.74) is 7.83. The van der Waals surface area contributed by atoms with Crippen molar-refractivity contribution in [1.29, 1.82) is 21.0 Å². The monoisotopic (exact) mass is 612 g/mol. The molecule has 0 spiro atoms. The summed E-state index contributed by atoms with van der Waals surface area (Å²) in [6, 6.07) is 31.5. The molecule has 2 aliphatic rings. The molecule has 0 atom stereocenters. The summed E-state index contributed by atoms with van der Waals surface area (Å²) < 4.78 is 3.99. The van der Waals surface area contributed by atoms with Crippen molar-refractivity contribution in [2.75, 3.05) is 0 Å². The highest BCUT2D eigenvalue weighted by atomic mass is 15.1. The molecule has 48 heavy (non-hydrogen) atoms. The van der Waals surface area contributed by atoms with E-state index in [9.17, 15) is 21.0 Å². The summed E-state index contributed by atoms with van der Waals surface area (Å²) in [4.78, 5) is 19.2. The fourth-order valence-electron chi connectivity index (χ4n) is 7.02. The molecule has 5 heterocycles. The zero-order valence-electron chi connectivity index (χ0n) is 24.7. The molecule has 0 saturated carbocycles. The summed E-state index contributed by atoms with van der Waals surface area (Å²) >= 11 is 0. The minimum Gasteiger partial charge on any atom is -0.308 e. The first-order valence-electron chi connectivity index (χ1n) is 14.8. The zero-order chi connectivity index (χ0) is 32.5. The van der Waals surface area contributed by atoms with Crippen molar-refractivity contribution in [3.05, 3.63) is 132 Å². The van der Waals surface area contributed by atoms with E-state index in [1.54, 1.807) is 24.8 Å². The van der Waals surface area contributed by atoms with Crippen molar-refractivity contribution in [2.45, 2.75) is 0 Å². The molecule has 0 fully saturated rings. The van der Waals surface area contributed by atoms with Crippen LogP contribution in [0.25, 0.3) is 66.8 Å². The van der Waals surface area contributed by atoms with Gasteiger partial charge in [-0.05, 0) is 36.4 Å². The highest BCUT2D eigenvalue weighted by Gasteiger charge is 2.42. The SMILES string of the molecule is N#CC(C#N)=C1c2nc3c(nc2-c2c1n(-c1ccccc1)c1ccncc21)C(=C(C#N)C#N)c1c-3c2cnccc2n1-c1ccccc1. The number of hydrogen-bond acceptors (Lipinski definition) is 8. The number of fused-ring (bicyclic) bond motifs is 10. The molecule has 0 aliphatic heterocycles. The van der Waals surface area contributed by atoms with Crippen LogP contribution in [0.5, 0.6) is 0 Å². The Labute approximate surface area is 272 Å². The first-order chi connectivity index (χ1) is 23.7. The number of nitriles is 4. The fraction of sp³-hybridized carbons (Fsp3) is 0. The summed E-state index contributed by atoms with van der Waals surface area (Å²) in [5.74, 6) is 0. The number of allylic oxidation sites excluding steroid dienone is 2. The number of rotatable bonds is 2. The maximum absolute atomic E-state index is 10.3. The predicted molar refractivity (Wildman–Crippen MR) is 177 cm³/mol. The first-order valence-corrected chi connectivity index (χ1v) is 14.8. The Hall–Kier alpha value is -7.66. The van der Waals surface area contributed by atoms with E-state index in [4.69, 9.17) is 9.97 Å². The van der Waals surface area contributed by atoms with Gasteiger partial charge in [0.2, 0.25) is 0 Å². The third-order valence-corrected chi connectivity index (χ3v) is 8.83. The molecule has 0 saturated heterocycles. The molecule has 9 rings (SSSR count). The molecule has 0 radical (unpaired) electrons. The van der Waals surface area contributed by atoms with Crippen molar-refractivity contribution in [1.82, 2.24) is 29.1 Å². The summed E-state index contributed by atoms with van der Waals surface area (Å²) in [6.07, 6.45) is 6.85. The Morgan fingerprint density at radius 2 is 0.896 bits per heavy atom. The van der Waals surface area contributed by atoms with E-state index in [-0.39, 0.29) is 11.1 Å². The summed E-state index contributed by atoms with van der Waals surface area (Å²) in [6.45, 7) is 0. The quantitative estimate of drug-likeness (QED) is 0.193. The molecule has 0 bridgehead atoms. The number of nitrogens with zero attached hydrogens (tertiary/aromatic N) is 10. The molecule has 0 amide bonds. The lowest BCUT2D eigenvalue weighted by Crippen LogP contribution is -2.04. The van der Waals surface area contributed by atoms with E-state index in [0.717, 1.165) is 33.2 Å². The maximum Gasteiger partial charge on any atom is 0.141 e. The Balaban J connectivity index is 1.47. The number of benzene rings is 2. The van der Waals surface area contributed by atoms with Crippen molar-refractivity contribution in [3.63, 3.8) is 0 Å². The minimum atomic E-state index is -0.116. The zero-order valence-corrected chi connectivity index (χ0v) is 24.7. The molecule has 5 aromatic heterocycles. The smallest absolute Gasteiger partial charge is 0.141 e. The van der Waals surface area contributed by atoms with Crippen LogP contribution in [-0.4, -0.2) is 29.1 Å². The van der Waals surface area contributed by atoms with Gasteiger partial charge in [-0.1, -0.05) is 36.4 Å². The molecule has 0 N–H and O–H groups in total. The van der Waals surface area contributed by atoms with Crippen molar-refractivity contribution in [3.8, 4) is 58.2 Å². The van der Waals surface area contributed by atoms with E-state index in [1.165, 1.54) is 0 Å². The topological polar surface area (TPSA) is 157 Å². The van der Waals surface area contributed by atoms with Crippen LogP contribution in [0.1, 0.15) is 22.8 Å². The van der Waals surface area contributed by atoms with E-state index in [1.807, 2.05) is 81.9 Å². The molecule has 10 nitrogen and oxygen atoms in total. The predicted octanol–water partition coefficient (Wildman–Crippen LogP) is 6.81. The summed E-state index contributed by atoms with van der Waals surface area (Å²) in [7, 11) is 0. The van der Waals surface area contributed by atoms with Crippen molar-refractivity contribution >= 4 is 33.0 Å². The number of aromatic nitrogens is 6. The van der Waals surface area contributed by atoms with Crippen molar-refractivity contribution < 1.29 is 0 Å². The molecule has 2 aromatic carbocycles. The first kappa shape index (κ1) is 26.7. The van der Waals surface area contributed by atoms with Gasteiger partial charge in [-0.15, -0.1) is 0 Å². The summed E-state index contributed by atoms with van der Waals surface area (Å²) in [5, 5.41) is 42.6. The standard InChI is InChI=1S/C38H16N10/c39-15-21(16-40)29-33-35(31-25-19-43-13-11-27(25)47(37(29)31)23-7-3-1-4-8-23)46-34-30(22(17-41)18-42)38-32(36(34)45-33)26-20-44-14-12-28(26)48(38)24-9-5-2-6-10-24/h1-14,19-20H.